The number of para-hydroxylation sites is 1. The number of ether oxygens (including phenoxy) is 3. The summed E-state index contributed by atoms with van der Waals surface area (Å²) in [4.78, 5) is 28.2. The highest BCUT2D eigenvalue weighted by molar-refractivity contribution is 5.99. The lowest BCUT2D eigenvalue weighted by Gasteiger charge is -2.29. The summed E-state index contributed by atoms with van der Waals surface area (Å²) in [5.74, 6) is 1.07. The molecule has 1 aliphatic heterocycles. The predicted octanol–water partition coefficient (Wildman–Crippen LogP) is 4.75. The normalized spacial score (nSPS) is 13.3. The van der Waals surface area contributed by atoms with Crippen molar-refractivity contribution in [1.29, 1.82) is 0 Å². The number of hydrogen-bond donors (Lipinski definition) is 1. The van der Waals surface area contributed by atoms with Crippen LogP contribution >= 0.6 is 0 Å². The lowest BCUT2D eigenvalue weighted by Crippen LogP contribution is -2.32. The fourth-order valence-electron chi connectivity index (χ4n) is 4.32. The molecule has 1 aliphatic rings. The van der Waals surface area contributed by atoms with Crippen LogP contribution in [0.2, 0.25) is 0 Å². The van der Waals surface area contributed by atoms with Gasteiger partial charge in [0, 0.05) is 17.8 Å². The number of methoxy groups -OCH3 is 3. The molecule has 7 heteroatoms. The van der Waals surface area contributed by atoms with Gasteiger partial charge in [0.1, 0.15) is 0 Å². The summed E-state index contributed by atoms with van der Waals surface area (Å²) in [5, 5.41) is 2.99. The number of fused-ring (bicyclic) bond motifs is 1. The number of aryl methyl sites for hydroxylation is 1. The zero-order valence-corrected chi connectivity index (χ0v) is 19.8. The highest BCUT2D eigenvalue weighted by Crippen LogP contribution is 2.43. The van der Waals surface area contributed by atoms with E-state index in [1.165, 1.54) is 21.3 Å². The van der Waals surface area contributed by atoms with Crippen molar-refractivity contribution in [1.82, 2.24) is 4.90 Å². The molecule has 2 amide bonds. The average molecular weight is 461 g/mol. The van der Waals surface area contributed by atoms with E-state index in [9.17, 15) is 9.59 Å². The van der Waals surface area contributed by atoms with Gasteiger partial charge in [-0.15, -0.1) is 0 Å². The van der Waals surface area contributed by atoms with Gasteiger partial charge in [0.25, 0.3) is 5.91 Å². The minimum absolute atomic E-state index is 0.0622. The first-order valence-electron chi connectivity index (χ1n) is 11.0. The van der Waals surface area contributed by atoms with Gasteiger partial charge in [0.15, 0.2) is 11.5 Å². The molecular weight excluding hydrogens is 432 g/mol. The molecule has 176 valence electrons. The van der Waals surface area contributed by atoms with E-state index in [-0.39, 0.29) is 18.2 Å². The van der Waals surface area contributed by atoms with Gasteiger partial charge in [-0.3, -0.25) is 9.59 Å². The third kappa shape index (κ3) is 4.41. The van der Waals surface area contributed by atoms with Crippen molar-refractivity contribution >= 4 is 17.5 Å². The Bertz CT molecular complexity index is 1200. The number of hydrogen-bond acceptors (Lipinski definition) is 5. The number of rotatable bonds is 8. The molecule has 1 atom stereocenters. The molecule has 0 radical (unpaired) electrons. The summed E-state index contributed by atoms with van der Waals surface area (Å²) in [5.41, 5.74) is 4.01. The summed E-state index contributed by atoms with van der Waals surface area (Å²) in [6.45, 7) is 2.35. The summed E-state index contributed by atoms with van der Waals surface area (Å²) in [6, 6.07) is 18.2. The van der Waals surface area contributed by atoms with Crippen molar-refractivity contribution in [2.75, 3.05) is 26.6 Å². The third-order valence-corrected chi connectivity index (χ3v) is 6.10. The lowest BCUT2D eigenvalue weighted by atomic mass is 10.00. The molecule has 0 aromatic heterocycles. The van der Waals surface area contributed by atoms with Crippen LogP contribution in [-0.2, 0) is 11.3 Å². The van der Waals surface area contributed by atoms with Crippen LogP contribution in [0.5, 0.6) is 17.2 Å². The number of carbonyl (C=O) groups is 2. The number of nitrogens with one attached hydrogen (secondary N) is 1. The predicted molar refractivity (Wildman–Crippen MR) is 130 cm³/mol. The van der Waals surface area contributed by atoms with Crippen LogP contribution in [-0.4, -0.2) is 38.0 Å². The Balaban J connectivity index is 1.73. The smallest absolute Gasteiger partial charge is 0.255 e. The second-order valence-corrected chi connectivity index (χ2v) is 8.13. The summed E-state index contributed by atoms with van der Waals surface area (Å²) in [6.07, 6.45) is 0.0622. The Labute approximate surface area is 199 Å². The lowest BCUT2D eigenvalue weighted by molar-refractivity contribution is -0.117. The zero-order chi connectivity index (χ0) is 24.2. The highest BCUT2D eigenvalue weighted by atomic mass is 16.5. The minimum Gasteiger partial charge on any atom is -0.493 e. The molecule has 0 bridgehead atoms. The van der Waals surface area contributed by atoms with Crippen molar-refractivity contribution < 1.29 is 23.8 Å². The standard InChI is InChI=1S/C27H28N2O5/c1-17-9-5-8-12-21(17)28-25(30)15-22(29-16-18-10-6-7-11-20(18)27(29)31)19-13-23(32-2)26(34-4)24(14-19)33-3/h5-14,22H,15-16H2,1-4H3,(H,28,30)/t22-/m1/s1. The van der Waals surface area contributed by atoms with Gasteiger partial charge in [-0.1, -0.05) is 36.4 Å². The number of carbonyl (C=O) groups excluding carboxylic acids is 2. The molecule has 7 nitrogen and oxygen atoms in total. The topological polar surface area (TPSA) is 77.1 Å². The number of amides is 2. The van der Waals surface area contributed by atoms with Crippen molar-refractivity contribution in [2.24, 2.45) is 0 Å². The monoisotopic (exact) mass is 460 g/mol. The maximum absolute atomic E-state index is 13.3. The number of nitrogens with zero attached hydrogens (tertiary/aromatic N) is 1. The van der Waals surface area contributed by atoms with E-state index in [4.69, 9.17) is 14.2 Å². The number of benzene rings is 3. The number of anilines is 1. The van der Waals surface area contributed by atoms with Crippen LogP contribution in [0.25, 0.3) is 0 Å². The molecule has 3 aromatic carbocycles. The molecular formula is C27H28N2O5. The Morgan fingerprint density at radius 2 is 1.62 bits per heavy atom. The first-order chi connectivity index (χ1) is 16.5. The van der Waals surface area contributed by atoms with E-state index in [0.717, 1.165) is 22.4 Å². The van der Waals surface area contributed by atoms with Crippen LogP contribution in [0, 0.1) is 6.92 Å². The molecule has 3 aromatic rings. The Morgan fingerprint density at radius 1 is 0.971 bits per heavy atom. The molecule has 34 heavy (non-hydrogen) atoms. The quantitative estimate of drug-likeness (QED) is 0.525. The van der Waals surface area contributed by atoms with E-state index in [0.29, 0.717) is 29.4 Å². The third-order valence-electron chi connectivity index (χ3n) is 6.10. The summed E-state index contributed by atoms with van der Waals surface area (Å²) >= 11 is 0. The second-order valence-electron chi connectivity index (χ2n) is 8.13. The van der Waals surface area contributed by atoms with Crippen molar-refractivity contribution in [3.8, 4) is 17.2 Å². The molecule has 0 fully saturated rings. The van der Waals surface area contributed by atoms with Crippen molar-refractivity contribution in [3.05, 3.63) is 82.9 Å². The van der Waals surface area contributed by atoms with Gasteiger partial charge in [-0.2, -0.15) is 0 Å². The Morgan fingerprint density at radius 3 is 2.24 bits per heavy atom. The zero-order valence-electron chi connectivity index (χ0n) is 19.8. The summed E-state index contributed by atoms with van der Waals surface area (Å²) in [7, 11) is 4.61. The molecule has 0 unspecified atom stereocenters. The second kappa shape index (κ2) is 9.87. The van der Waals surface area contributed by atoms with E-state index in [1.807, 2.05) is 55.5 Å². The van der Waals surface area contributed by atoms with Gasteiger partial charge >= 0.3 is 0 Å². The van der Waals surface area contributed by atoms with E-state index < -0.39 is 6.04 Å². The minimum atomic E-state index is -0.544. The van der Waals surface area contributed by atoms with Gasteiger partial charge in [-0.05, 0) is 47.9 Å². The molecule has 4 rings (SSSR count). The van der Waals surface area contributed by atoms with Gasteiger partial charge in [0.05, 0.1) is 33.8 Å². The van der Waals surface area contributed by atoms with Crippen LogP contribution < -0.4 is 19.5 Å². The van der Waals surface area contributed by atoms with Gasteiger partial charge in [0.2, 0.25) is 11.7 Å². The average Bonchev–Trinajstić information content (AvgIpc) is 3.19. The van der Waals surface area contributed by atoms with Crippen LogP contribution in [0.15, 0.2) is 60.7 Å². The largest absolute Gasteiger partial charge is 0.493 e. The SMILES string of the molecule is COc1cc([C@@H](CC(=O)Nc2ccccc2C)N2Cc3ccccc3C2=O)cc(OC)c1OC. The first kappa shape index (κ1) is 23.2. The first-order valence-corrected chi connectivity index (χ1v) is 11.0. The molecule has 1 N–H and O–H groups in total. The Hall–Kier alpha value is -4.00. The van der Waals surface area contributed by atoms with E-state index >= 15 is 0 Å². The fraction of sp³-hybridized carbons (Fsp3) is 0.259. The molecule has 0 saturated carbocycles. The van der Waals surface area contributed by atoms with Crippen LogP contribution in [0.1, 0.15) is 39.5 Å². The molecule has 0 saturated heterocycles. The molecule has 0 aliphatic carbocycles. The van der Waals surface area contributed by atoms with Crippen molar-refractivity contribution in [2.45, 2.75) is 25.9 Å². The summed E-state index contributed by atoms with van der Waals surface area (Å²) < 4.78 is 16.5. The maximum atomic E-state index is 13.3. The fourth-order valence-corrected chi connectivity index (χ4v) is 4.32. The van der Waals surface area contributed by atoms with E-state index in [1.54, 1.807) is 17.0 Å². The van der Waals surface area contributed by atoms with Crippen LogP contribution in [0.3, 0.4) is 0 Å². The Kier molecular flexibility index (Phi) is 6.72. The van der Waals surface area contributed by atoms with E-state index in [2.05, 4.69) is 5.32 Å². The maximum Gasteiger partial charge on any atom is 0.255 e. The van der Waals surface area contributed by atoms with Crippen LogP contribution in [0.4, 0.5) is 5.69 Å². The molecule has 0 spiro atoms. The van der Waals surface area contributed by atoms with Crippen molar-refractivity contribution in [3.63, 3.8) is 0 Å². The van der Waals surface area contributed by atoms with Gasteiger partial charge in [-0.25, -0.2) is 0 Å². The highest BCUT2D eigenvalue weighted by Gasteiger charge is 2.35. The van der Waals surface area contributed by atoms with Gasteiger partial charge < -0.3 is 24.4 Å². The molecule has 1 heterocycles.